The van der Waals surface area contributed by atoms with E-state index in [1.54, 1.807) is 6.92 Å². The average Bonchev–Trinajstić information content (AvgIpc) is 1.65. The van der Waals surface area contributed by atoms with Gasteiger partial charge in [-0.2, -0.15) is 5.26 Å². The van der Waals surface area contributed by atoms with Crippen LogP contribution in [0, 0.1) is 11.3 Å². The molecule has 0 rings (SSSR count). The van der Waals surface area contributed by atoms with Crippen LogP contribution in [0.5, 0.6) is 0 Å². The summed E-state index contributed by atoms with van der Waals surface area (Å²) in [6.45, 7) is 1.65. The van der Waals surface area contributed by atoms with Crippen LogP contribution in [0.4, 0.5) is 0 Å². The van der Waals surface area contributed by atoms with Crippen LogP contribution in [0.1, 0.15) is 6.92 Å². The van der Waals surface area contributed by atoms with E-state index in [1.807, 2.05) is 6.07 Å². The molecule has 0 aliphatic carbocycles. The minimum absolute atomic E-state index is 0.539. The Morgan fingerprint density at radius 2 is 2.50 bits per heavy atom. The number of hydrogen-bond acceptors (Lipinski definition) is 1. The Morgan fingerprint density at radius 1 is 2.00 bits per heavy atom. The number of hydrogen-bond donors (Lipinski definition) is 0. The van der Waals surface area contributed by atoms with Gasteiger partial charge < -0.3 is 0 Å². The first-order valence-electron chi connectivity index (χ1n) is 1.48. The molecule has 0 heterocycles. The molecule has 0 aromatic rings. The van der Waals surface area contributed by atoms with Crippen LogP contribution in [-0.4, -0.2) is 0 Å². The highest BCUT2D eigenvalue weighted by Crippen LogP contribution is 1.88. The molecule has 0 saturated carbocycles. The van der Waals surface area contributed by atoms with E-state index in [1.165, 1.54) is 5.54 Å². The minimum atomic E-state index is 0.539. The first-order valence-corrected chi connectivity index (χ1v) is 1.92. The molecule has 0 unspecified atom stereocenters. The second-order valence-corrected chi connectivity index (χ2v) is 1.12. The first-order chi connectivity index (χ1) is 2.81. The fourth-order valence-electron chi connectivity index (χ4n) is 0.0244. The fraction of sp³-hybridized carbons (Fsp3) is 0.250. The summed E-state index contributed by atoms with van der Waals surface area (Å²) >= 11 is 5.07. The molecule has 0 N–H and O–H groups in total. The SMILES string of the molecule is C/C(C#N)=C/Cl. The Hall–Kier alpha value is -0.480. The largest absolute Gasteiger partial charge is 0.193 e. The summed E-state index contributed by atoms with van der Waals surface area (Å²) < 4.78 is 0. The van der Waals surface area contributed by atoms with Crippen molar-refractivity contribution in [3.05, 3.63) is 11.1 Å². The second kappa shape index (κ2) is 2.74. The van der Waals surface area contributed by atoms with E-state index in [4.69, 9.17) is 16.9 Å². The fourth-order valence-corrected chi connectivity index (χ4v) is 0.0732. The molecule has 0 fully saturated rings. The van der Waals surface area contributed by atoms with E-state index in [2.05, 4.69) is 0 Å². The van der Waals surface area contributed by atoms with Crippen molar-refractivity contribution in [2.75, 3.05) is 0 Å². The highest BCUT2D eigenvalue weighted by Gasteiger charge is 1.73. The molecule has 6 heavy (non-hydrogen) atoms. The van der Waals surface area contributed by atoms with Crippen molar-refractivity contribution in [1.82, 2.24) is 0 Å². The van der Waals surface area contributed by atoms with Crippen molar-refractivity contribution in [3.63, 3.8) is 0 Å². The summed E-state index contributed by atoms with van der Waals surface area (Å²) in [6.07, 6.45) is 0. The van der Waals surface area contributed by atoms with Gasteiger partial charge in [0, 0.05) is 11.1 Å². The zero-order valence-corrected chi connectivity index (χ0v) is 4.16. The molecule has 0 spiro atoms. The van der Waals surface area contributed by atoms with Gasteiger partial charge in [0.05, 0.1) is 6.07 Å². The van der Waals surface area contributed by atoms with Crippen LogP contribution in [0.25, 0.3) is 0 Å². The average molecular weight is 102 g/mol. The van der Waals surface area contributed by atoms with E-state index in [0.717, 1.165) is 0 Å². The van der Waals surface area contributed by atoms with E-state index in [0.29, 0.717) is 5.57 Å². The molecule has 0 aliphatic heterocycles. The molecule has 0 aromatic carbocycles. The van der Waals surface area contributed by atoms with Crippen molar-refractivity contribution in [1.29, 1.82) is 5.26 Å². The van der Waals surface area contributed by atoms with Gasteiger partial charge in [-0.05, 0) is 6.92 Å². The minimum Gasteiger partial charge on any atom is -0.193 e. The van der Waals surface area contributed by atoms with Gasteiger partial charge in [0.15, 0.2) is 0 Å². The van der Waals surface area contributed by atoms with Gasteiger partial charge >= 0.3 is 0 Å². The van der Waals surface area contributed by atoms with Crippen molar-refractivity contribution in [3.8, 4) is 6.07 Å². The maximum Gasteiger partial charge on any atom is 0.0953 e. The zero-order valence-electron chi connectivity index (χ0n) is 3.40. The maximum atomic E-state index is 7.93. The predicted molar refractivity (Wildman–Crippen MR) is 25.2 cm³/mol. The van der Waals surface area contributed by atoms with Gasteiger partial charge in [-0.25, -0.2) is 0 Å². The smallest absolute Gasteiger partial charge is 0.0953 e. The van der Waals surface area contributed by atoms with E-state index in [9.17, 15) is 0 Å². The third-order valence-electron chi connectivity index (χ3n) is 0.340. The molecular formula is C4H4ClN. The standard InChI is InChI=1S/C4H4ClN/c1-4(2-5)3-6/h2H,1H3/b4-2-. The molecule has 0 saturated heterocycles. The molecule has 0 amide bonds. The number of allylic oxidation sites excluding steroid dienone is 1. The molecule has 0 aromatic heterocycles. The van der Waals surface area contributed by atoms with Gasteiger partial charge in [0.1, 0.15) is 0 Å². The number of nitrogens with zero attached hydrogens (tertiary/aromatic N) is 1. The Morgan fingerprint density at radius 3 is 2.50 bits per heavy atom. The first kappa shape index (κ1) is 5.52. The van der Waals surface area contributed by atoms with E-state index < -0.39 is 0 Å². The summed E-state index contributed by atoms with van der Waals surface area (Å²) in [4.78, 5) is 0. The summed E-state index contributed by atoms with van der Waals surface area (Å²) in [5.41, 5.74) is 1.79. The third-order valence-corrected chi connectivity index (χ3v) is 0.667. The third kappa shape index (κ3) is 1.80. The Labute approximate surface area is 41.8 Å². The molecule has 2 heteroatoms. The summed E-state index contributed by atoms with van der Waals surface area (Å²) in [7, 11) is 0. The topological polar surface area (TPSA) is 23.8 Å². The number of rotatable bonds is 0. The van der Waals surface area contributed by atoms with E-state index in [-0.39, 0.29) is 0 Å². The Kier molecular flexibility index (Phi) is 2.52. The second-order valence-electron chi connectivity index (χ2n) is 0.904. The summed E-state index contributed by atoms with van der Waals surface area (Å²) in [5, 5.41) is 7.93. The highest BCUT2D eigenvalue weighted by molar-refractivity contribution is 6.25. The predicted octanol–water partition coefficient (Wildman–Crippen LogP) is 1.65. The quantitative estimate of drug-likeness (QED) is 0.426. The summed E-state index contributed by atoms with van der Waals surface area (Å²) in [6, 6.07) is 1.84. The molecule has 1 nitrogen and oxygen atoms in total. The van der Waals surface area contributed by atoms with Gasteiger partial charge in [0.2, 0.25) is 0 Å². The lowest BCUT2D eigenvalue weighted by Gasteiger charge is -1.68. The molecule has 32 valence electrons. The van der Waals surface area contributed by atoms with Crippen molar-refractivity contribution in [2.45, 2.75) is 6.92 Å². The molecule has 0 radical (unpaired) electrons. The van der Waals surface area contributed by atoms with Crippen LogP contribution in [-0.2, 0) is 0 Å². The number of nitriles is 1. The molecule has 0 atom stereocenters. The summed E-state index contributed by atoms with van der Waals surface area (Å²) in [5.74, 6) is 0. The highest BCUT2D eigenvalue weighted by atomic mass is 35.5. The van der Waals surface area contributed by atoms with Crippen LogP contribution in [0.15, 0.2) is 11.1 Å². The lowest BCUT2D eigenvalue weighted by atomic mass is 10.4. The van der Waals surface area contributed by atoms with Crippen LogP contribution < -0.4 is 0 Å². The Balaban J connectivity index is 3.61. The maximum absolute atomic E-state index is 7.93. The van der Waals surface area contributed by atoms with Crippen molar-refractivity contribution in [2.24, 2.45) is 0 Å². The monoisotopic (exact) mass is 101 g/mol. The Bertz CT molecular complexity index is 98.6. The van der Waals surface area contributed by atoms with Crippen LogP contribution in [0.3, 0.4) is 0 Å². The molecule has 0 aliphatic rings. The van der Waals surface area contributed by atoms with Crippen LogP contribution >= 0.6 is 11.6 Å². The lowest BCUT2D eigenvalue weighted by Crippen LogP contribution is -1.56. The van der Waals surface area contributed by atoms with Gasteiger partial charge in [-0.1, -0.05) is 11.6 Å². The van der Waals surface area contributed by atoms with Crippen LogP contribution in [0.2, 0.25) is 0 Å². The van der Waals surface area contributed by atoms with Gasteiger partial charge in [-0.3, -0.25) is 0 Å². The van der Waals surface area contributed by atoms with Crippen molar-refractivity contribution < 1.29 is 0 Å². The zero-order chi connectivity index (χ0) is 4.99. The van der Waals surface area contributed by atoms with Gasteiger partial charge in [-0.15, -0.1) is 0 Å². The normalized spacial score (nSPS) is 10.5. The lowest BCUT2D eigenvalue weighted by molar-refractivity contribution is 1.45. The van der Waals surface area contributed by atoms with Crippen molar-refractivity contribution >= 4 is 11.6 Å². The van der Waals surface area contributed by atoms with Gasteiger partial charge in [0.25, 0.3) is 0 Å². The molecular weight excluding hydrogens is 97.5 g/mol. The van der Waals surface area contributed by atoms with E-state index >= 15 is 0 Å². The number of halogens is 1. The molecule has 0 bridgehead atoms.